The van der Waals surface area contributed by atoms with Gasteiger partial charge in [0, 0.05) is 11.3 Å². The SMILES string of the molecule is Cc1c(N)cc(S(=O)(=O)NC(C(N)=O)C(C)C)cc1F. The zero-order chi connectivity index (χ0) is 15.7. The summed E-state index contributed by atoms with van der Waals surface area (Å²) >= 11 is 0. The molecule has 0 aromatic heterocycles. The van der Waals surface area contributed by atoms with Gasteiger partial charge in [-0.15, -0.1) is 0 Å². The standard InChI is InChI=1S/C12H18FN3O3S/c1-6(2)11(12(15)17)16-20(18,19)8-4-9(13)7(3)10(14)5-8/h4-6,11,16H,14H2,1-3H3,(H2,15,17). The van der Waals surface area contributed by atoms with Crippen LogP contribution in [0.4, 0.5) is 10.1 Å². The fraction of sp³-hybridized carbons (Fsp3) is 0.417. The fourth-order valence-electron chi connectivity index (χ4n) is 1.59. The van der Waals surface area contributed by atoms with Crippen molar-refractivity contribution in [3.8, 4) is 0 Å². The summed E-state index contributed by atoms with van der Waals surface area (Å²) in [7, 11) is -4.08. The molecule has 8 heteroatoms. The van der Waals surface area contributed by atoms with E-state index in [0.29, 0.717) is 0 Å². The quantitative estimate of drug-likeness (QED) is 0.687. The van der Waals surface area contributed by atoms with Gasteiger partial charge in [-0.25, -0.2) is 12.8 Å². The summed E-state index contributed by atoms with van der Waals surface area (Å²) in [6, 6.07) is 0.913. The molecule has 0 aliphatic heterocycles. The maximum absolute atomic E-state index is 13.6. The third kappa shape index (κ3) is 3.45. The normalized spacial score (nSPS) is 13.4. The first-order chi connectivity index (χ1) is 9.06. The molecule has 1 aromatic carbocycles. The number of carbonyl (C=O) groups is 1. The van der Waals surface area contributed by atoms with Crippen LogP contribution in [0.5, 0.6) is 0 Å². The summed E-state index contributed by atoms with van der Waals surface area (Å²) in [5.74, 6) is -1.87. The summed E-state index contributed by atoms with van der Waals surface area (Å²) in [5.41, 5.74) is 10.9. The van der Waals surface area contributed by atoms with Crippen molar-refractivity contribution in [3.05, 3.63) is 23.5 Å². The van der Waals surface area contributed by atoms with E-state index in [-0.39, 0.29) is 22.1 Å². The predicted octanol–water partition coefficient (Wildman–Crippen LogP) is 0.505. The number of sulfonamides is 1. The lowest BCUT2D eigenvalue weighted by atomic mass is 10.1. The van der Waals surface area contributed by atoms with Gasteiger partial charge in [-0.05, 0) is 25.0 Å². The van der Waals surface area contributed by atoms with Gasteiger partial charge in [0.15, 0.2) is 0 Å². The van der Waals surface area contributed by atoms with Gasteiger partial charge < -0.3 is 11.5 Å². The maximum Gasteiger partial charge on any atom is 0.241 e. The van der Waals surface area contributed by atoms with Gasteiger partial charge in [-0.1, -0.05) is 13.8 Å². The van der Waals surface area contributed by atoms with E-state index in [4.69, 9.17) is 11.5 Å². The van der Waals surface area contributed by atoms with Gasteiger partial charge in [-0.2, -0.15) is 4.72 Å². The summed E-state index contributed by atoms with van der Waals surface area (Å²) in [5, 5.41) is 0. The monoisotopic (exact) mass is 303 g/mol. The van der Waals surface area contributed by atoms with Crippen LogP contribution in [0.3, 0.4) is 0 Å². The summed E-state index contributed by atoms with van der Waals surface area (Å²) < 4.78 is 40.0. The second-order valence-electron chi connectivity index (χ2n) is 4.86. The first-order valence-corrected chi connectivity index (χ1v) is 7.42. The molecule has 0 spiro atoms. The lowest BCUT2D eigenvalue weighted by molar-refractivity contribution is -0.120. The number of nitrogens with two attached hydrogens (primary N) is 2. The van der Waals surface area contributed by atoms with E-state index in [1.807, 2.05) is 0 Å². The number of hydrogen-bond acceptors (Lipinski definition) is 4. The molecule has 0 aliphatic rings. The second kappa shape index (κ2) is 5.76. The highest BCUT2D eigenvalue weighted by Crippen LogP contribution is 2.21. The van der Waals surface area contributed by atoms with Crippen LogP contribution in [-0.2, 0) is 14.8 Å². The highest BCUT2D eigenvalue weighted by Gasteiger charge is 2.27. The lowest BCUT2D eigenvalue weighted by Gasteiger charge is -2.19. The Labute approximate surface area is 117 Å². The Hall–Kier alpha value is -1.67. The number of anilines is 1. The molecular formula is C12H18FN3O3S. The Morgan fingerprint density at radius 1 is 1.35 bits per heavy atom. The number of benzene rings is 1. The number of hydrogen-bond donors (Lipinski definition) is 3. The van der Waals surface area contributed by atoms with Gasteiger partial charge in [0.05, 0.1) is 4.90 Å². The van der Waals surface area contributed by atoms with E-state index in [0.717, 1.165) is 12.1 Å². The van der Waals surface area contributed by atoms with E-state index in [9.17, 15) is 17.6 Å². The lowest BCUT2D eigenvalue weighted by Crippen LogP contribution is -2.47. The van der Waals surface area contributed by atoms with E-state index < -0.39 is 27.8 Å². The number of halogens is 1. The predicted molar refractivity (Wildman–Crippen MR) is 73.7 cm³/mol. The molecule has 1 atom stereocenters. The number of carbonyl (C=O) groups excluding carboxylic acids is 1. The zero-order valence-corrected chi connectivity index (χ0v) is 12.3. The van der Waals surface area contributed by atoms with Crippen LogP contribution in [0.15, 0.2) is 17.0 Å². The van der Waals surface area contributed by atoms with Crippen LogP contribution in [-0.4, -0.2) is 20.4 Å². The number of nitrogens with one attached hydrogen (secondary N) is 1. The molecule has 1 aromatic rings. The van der Waals surface area contributed by atoms with Gasteiger partial charge in [0.1, 0.15) is 11.9 Å². The minimum Gasteiger partial charge on any atom is -0.398 e. The molecule has 0 aliphatic carbocycles. The number of primary amides is 1. The molecule has 5 N–H and O–H groups in total. The molecule has 112 valence electrons. The summed E-state index contributed by atoms with van der Waals surface area (Å²) in [6.45, 7) is 4.72. The van der Waals surface area contributed by atoms with Crippen molar-refractivity contribution in [1.29, 1.82) is 0 Å². The average Bonchev–Trinajstić information content (AvgIpc) is 2.31. The van der Waals surface area contributed by atoms with Crippen LogP contribution < -0.4 is 16.2 Å². The Kier molecular flexibility index (Phi) is 4.72. The molecule has 0 saturated carbocycles. The first kappa shape index (κ1) is 16.4. The Morgan fingerprint density at radius 2 is 1.90 bits per heavy atom. The largest absolute Gasteiger partial charge is 0.398 e. The van der Waals surface area contributed by atoms with Crippen molar-refractivity contribution in [2.24, 2.45) is 11.7 Å². The summed E-state index contributed by atoms with van der Waals surface area (Å²) in [6.07, 6.45) is 0. The highest BCUT2D eigenvalue weighted by atomic mass is 32.2. The molecule has 0 saturated heterocycles. The van der Waals surface area contributed by atoms with Crippen molar-refractivity contribution in [3.63, 3.8) is 0 Å². The van der Waals surface area contributed by atoms with Crippen LogP contribution in [0.1, 0.15) is 19.4 Å². The van der Waals surface area contributed by atoms with Crippen LogP contribution in [0.2, 0.25) is 0 Å². The maximum atomic E-state index is 13.6. The molecule has 0 radical (unpaired) electrons. The third-order valence-electron chi connectivity index (χ3n) is 2.92. The average molecular weight is 303 g/mol. The molecule has 0 fully saturated rings. The number of nitrogen functional groups attached to an aromatic ring is 1. The van der Waals surface area contributed by atoms with Gasteiger partial charge in [0.25, 0.3) is 0 Å². The molecule has 1 rings (SSSR count). The van der Waals surface area contributed by atoms with Crippen LogP contribution >= 0.6 is 0 Å². The van der Waals surface area contributed by atoms with E-state index in [2.05, 4.69) is 4.72 Å². The molecular weight excluding hydrogens is 285 g/mol. The Balaban J connectivity index is 3.21. The van der Waals surface area contributed by atoms with Gasteiger partial charge >= 0.3 is 0 Å². The first-order valence-electron chi connectivity index (χ1n) is 5.93. The minimum atomic E-state index is -4.08. The molecule has 20 heavy (non-hydrogen) atoms. The van der Waals surface area contributed by atoms with Gasteiger partial charge in [-0.3, -0.25) is 4.79 Å². The molecule has 0 bridgehead atoms. The van der Waals surface area contributed by atoms with Crippen molar-refractivity contribution in [2.75, 3.05) is 5.73 Å². The topological polar surface area (TPSA) is 115 Å². The molecule has 1 amide bonds. The van der Waals surface area contributed by atoms with E-state index in [1.165, 1.54) is 6.92 Å². The second-order valence-corrected chi connectivity index (χ2v) is 6.58. The molecule has 6 nitrogen and oxygen atoms in total. The van der Waals surface area contributed by atoms with Crippen LogP contribution in [0.25, 0.3) is 0 Å². The van der Waals surface area contributed by atoms with Crippen LogP contribution in [0, 0.1) is 18.7 Å². The molecule has 0 heterocycles. The Morgan fingerprint density at radius 3 is 2.30 bits per heavy atom. The van der Waals surface area contributed by atoms with Gasteiger partial charge in [0.2, 0.25) is 15.9 Å². The van der Waals surface area contributed by atoms with Crippen molar-refractivity contribution < 1.29 is 17.6 Å². The van der Waals surface area contributed by atoms with Crippen molar-refractivity contribution in [1.82, 2.24) is 4.72 Å². The number of amides is 1. The Bertz CT molecular complexity index is 606. The third-order valence-corrected chi connectivity index (χ3v) is 4.34. The van der Waals surface area contributed by atoms with E-state index >= 15 is 0 Å². The highest BCUT2D eigenvalue weighted by molar-refractivity contribution is 7.89. The zero-order valence-electron chi connectivity index (χ0n) is 11.5. The minimum absolute atomic E-state index is 0.0190. The van der Waals surface area contributed by atoms with Crippen molar-refractivity contribution in [2.45, 2.75) is 31.7 Å². The van der Waals surface area contributed by atoms with E-state index in [1.54, 1.807) is 13.8 Å². The molecule has 1 unspecified atom stereocenters. The fourth-order valence-corrected chi connectivity index (χ4v) is 2.99. The smallest absolute Gasteiger partial charge is 0.241 e. The van der Waals surface area contributed by atoms with Crippen molar-refractivity contribution >= 4 is 21.6 Å². The number of rotatable bonds is 5. The summed E-state index contributed by atoms with van der Waals surface area (Å²) in [4.78, 5) is 10.9.